The monoisotopic (exact) mass is 707 g/mol. The maximum absolute atomic E-state index is 2.31. The molecule has 7 aliphatic rings. The Morgan fingerprint density at radius 2 is 0.224 bits per heavy atom. The van der Waals surface area contributed by atoms with Crippen molar-refractivity contribution in [3.8, 4) is 0 Å². The largest absolute Gasteiger partial charge is 0.0683 e. The van der Waals surface area contributed by atoms with Crippen LogP contribution in [0.1, 0.15) is 313 Å². The maximum Gasteiger partial charge on any atom is -0.0443 e. The lowest BCUT2D eigenvalue weighted by atomic mass is 9.88. The van der Waals surface area contributed by atoms with Gasteiger partial charge in [0.2, 0.25) is 0 Å². The topological polar surface area (TPSA) is 0 Å². The molecule has 49 heavy (non-hydrogen) atoms. The lowest BCUT2D eigenvalue weighted by Gasteiger charge is -2.18. The van der Waals surface area contributed by atoms with Crippen molar-refractivity contribution < 1.29 is 0 Å². The molecular weight excluding hydrogens is 589 g/mol. The predicted molar refractivity (Wildman–Crippen MR) is 247 cm³/mol. The molecule has 0 saturated heterocycles. The predicted octanol–water partition coefficient (Wildman–Crippen LogP) is 21.3. The van der Waals surface area contributed by atoms with Gasteiger partial charge in [-0.1, -0.05) is 313 Å². The fraction of sp³-hybridized carbons (Fsp3) is 1.00. The Morgan fingerprint density at radius 3 is 0.224 bits per heavy atom. The molecule has 0 unspecified atom stereocenters. The maximum atomic E-state index is 2.31. The summed E-state index contributed by atoms with van der Waals surface area (Å²) in [6.45, 7) is 44.6. The molecule has 0 N–H and O–H groups in total. The minimum Gasteiger partial charge on any atom is -0.0683 e. The van der Waals surface area contributed by atoms with Crippen LogP contribution in [-0.2, 0) is 0 Å². The van der Waals surface area contributed by atoms with Crippen molar-refractivity contribution in [2.24, 2.45) is 11.8 Å². The Kier molecular flexibility index (Phi) is 167. The molecule has 0 aromatic carbocycles. The molecule has 0 bridgehead atoms. The third kappa shape index (κ3) is 121. The molecule has 7 rings (SSSR count). The Morgan fingerprint density at radius 1 is 0.163 bits per heavy atom. The van der Waals surface area contributed by atoms with E-state index in [4.69, 9.17) is 0 Å². The summed E-state index contributed by atoms with van der Waals surface area (Å²) < 4.78 is 0. The first-order valence-corrected chi connectivity index (χ1v) is 24.3. The second-order valence-corrected chi connectivity index (χ2v) is 10.8. The SMILES string of the molecule is C1CC1.C1CCC1.C1CCC1.C1CCC1.C1CCC1.CC.CC.CC.CC.CC.CC.CC.CC.CC.CC.CC1CCC1.CC1CCC1. The Balaban J connectivity index is -0.0000000420. The van der Waals surface area contributed by atoms with Gasteiger partial charge in [-0.25, -0.2) is 0 Å². The van der Waals surface area contributed by atoms with Crippen molar-refractivity contribution in [3.63, 3.8) is 0 Å². The van der Waals surface area contributed by atoms with Crippen LogP contribution in [0.25, 0.3) is 0 Å². The van der Waals surface area contributed by atoms with E-state index in [9.17, 15) is 0 Å². The average molecular weight is 707 g/mol. The summed E-state index contributed by atoms with van der Waals surface area (Å²) in [6.07, 6.45) is 37.4. The van der Waals surface area contributed by atoms with Crippen LogP contribution in [-0.4, -0.2) is 0 Å². The molecular formula is C49H118. The molecule has 0 nitrogen and oxygen atoms in total. The summed E-state index contributed by atoms with van der Waals surface area (Å²) in [5.74, 6) is 2.13. The zero-order valence-electron chi connectivity index (χ0n) is 40.8. The highest BCUT2D eigenvalue weighted by molar-refractivity contribution is 4.63. The van der Waals surface area contributed by atoms with Crippen molar-refractivity contribution in [3.05, 3.63) is 0 Å². The van der Waals surface area contributed by atoms with Crippen LogP contribution >= 0.6 is 0 Å². The van der Waals surface area contributed by atoms with E-state index in [0.717, 1.165) is 11.8 Å². The van der Waals surface area contributed by atoms with Gasteiger partial charge < -0.3 is 0 Å². The molecule has 7 fully saturated rings. The molecule has 0 heterocycles. The van der Waals surface area contributed by atoms with Crippen LogP contribution in [0.3, 0.4) is 0 Å². The van der Waals surface area contributed by atoms with E-state index in [1.165, 1.54) is 161 Å². The van der Waals surface area contributed by atoms with Gasteiger partial charge in [-0.15, -0.1) is 0 Å². The zero-order chi connectivity index (χ0) is 40.8. The van der Waals surface area contributed by atoms with Gasteiger partial charge in [0, 0.05) is 0 Å². The molecule has 0 aromatic heterocycles. The summed E-state index contributed by atoms with van der Waals surface area (Å²) in [5.41, 5.74) is 0. The van der Waals surface area contributed by atoms with Crippen molar-refractivity contribution in [1.29, 1.82) is 0 Å². The number of hydrogen-bond donors (Lipinski definition) is 0. The minimum absolute atomic E-state index is 1.06. The fourth-order valence-corrected chi connectivity index (χ4v) is 2.22. The first-order valence-electron chi connectivity index (χ1n) is 24.3. The van der Waals surface area contributed by atoms with Crippen molar-refractivity contribution in [1.82, 2.24) is 0 Å². The first-order chi connectivity index (χ1) is 24.3. The molecule has 7 aliphatic carbocycles. The third-order valence-electron chi connectivity index (χ3n) is 7.14. The van der Waals surface area contributed by atoms with Crippen LogP contribution in [0.5, 0.6) is 0 Å². The van der Waals surface area contributed by atoms with E-state index >= 15 is 0 Å². The van der Waals surface area contributed by atoms with Crippen LogP contribution in [0.15, 0.2) is 0 Å². The van der Waals surface area contributed by atoms with Gasteiger partial charge in [-0.05, 0) is 11.8 Å². The normalized spacial score (nSPS) is 15.8. The molecule has 7 saturated carbocycles. The smallest absolute Gasteiger partial charge is 0.0443 e. The fourth-order valence-electron chi connectivity index (χ4n) is 2.22. The van der Waals surface area contributed by atoms with Crippen molar-refractivity contribution in [2.75, 3.05) is 0 Å². The van der Waals surface area contributed by atoms with Gasteiger partial charge in [0.05, 0.1) is 0 Å². The molecule has 0 heteroatoms. The van der Waals surface area contributed by atoms with E-state index in [0.29, 0.717) is 0 Å². The highest BCUT2D eigenvalue weighted by atomic mass is 14.2. The van der Waals surface area contributed by atoms with Crippen molar-refractivity contribution in [2.45, 2.75) is 313 Å². The lowest BCUT2D eigenvalue weighted by Crippen LogP contribution is -2.04. The summed E-state index contributed by atoms with van der Waals surface area (Å²) in [7, 11) is 0. The first kappa shape index (κ1) is 74.2. The Hall–Kier alpha value is 0. The highest BCUT2D eigenvalue weighted by Crippen LogP contribution is 2.25. The third-order valence-corrected chi connectivity index (χ3v) is 7.14. The highest BCUT2D eigenvalue weighted by Gasteiger charge is 2.09. The molecule has 0 radical (unpaired) electrons. The minimum atomic E-state index is 1.06. The Bertz CT molecular complexity index is 218. The van der Waals surface area contributed by atoms with E-state index in [-0.39, 0.29) is 0 Å². The van der Waals surface area contributed by atoms with Gasteiger partial charge in [0.15, 0.2) is 0 Å². The summed E-state index contributed by atoms with van der Waals surface area (Å²) in [4.78, 5) is 0. The molecule has 0 atom stereocenters. The molecule has 0 spiro atoms. The summed E-state index contributed by atoms with van der Waals surface area (Å²) in [6, 6.07) is 0. The van der Waals surface area contributed by atoms with Gasteiger partial charge in [0.25, 0.3) is 0 Å². The van der Waals surface area contributed by atoms with E-state index in [2.05, 4.69) is 13.8 Å². The van der Waals surface area contributed by atoms with Crippen molar-refractivity contribution >= 4 is 0 Å². The van der Waals surface area contributed by atoms with Gasteiger partial charge in [0.1, 0.15) is 0 Å². The lowest BCUT2D eigenvalue weighted by molar-refractivity contribution is 0.346. The quantitative estimate of drug-likeness (QED) is 0.235. The van der Waals surface area contributed by atoms with Crippen LogP contribution in [0.4, 0.5) is 0 Å². The second-order valence-electron chi connectivity index (χ2n) is 10.8. The van der Waals surface area contributed by atoms with Gasteiger partial charge >= 0.3 is 0 Å². The summed E-state index contributed by atoms with van der Waals surface area (Å²) >= 11 is 0. The second kappa shape index (κ2) is 110. The molecule has 0 amide bonds. The van der Waals surface area contributed by atoms with E-state index in [1.54, 1.807) is 0 Å². The number of hydrogen-bond acceptors (Lipinski definition) is 0. The molecule has 314 valence electrons. The standard InChI is InChI=1S/2C5H10.4C4H8.C3H6.10C2H6/c2*1-5-3-2-4-5;4*1-2-4-3-1;1-2-3-1;10*1-2/h2*5H,2-4H2,1H3;4*1-4H2;1-3H2;10*1-2H3. The van der Waals surface area contributed by atoms with Crippen LogP contribution in [0.2, 0.25) is 0 Å². The van der Waals surface area contributed by atoms with Crippen LogP contribution < -0.4 is 0 Å². The molecule has 0 aliphatic heterocycles. The van der Waals surface area contributed by atoms with Crippen LogP contribution in [0, 0.1) is 11.8 Å². The Labute approximate surface area is 323 Å². The molecule has 0 aromatic rings. The summed E-state index contributed by atoms with van der Waals surface area (Å²) in [5, 5.41) is 0. The van der Waals surface area contributed by atoms with E-state index in [1.807, 2.05) is 138 Å². The van der Waals surface area contributed by atoms with Gasteiger partial charge in [-0.3, -0.25) is 0 Å². The van der Waals surface area contributed by atoms with E-state index < -0.39 is 0 Å². The van der Waals surface area contributed by atoms with Gasteiger partial charge in [-0.2, -0.15) is 0 Å². The average Bonchev–Trinajstić information content (AvgIpc) is 3.96. The zero-order valence-corrected chi connectivity index (χ0v) is 40.8. The number of rotatable bonds is 0.